The number of carbonyl (C=O) groups is 1. The molecule has 0 saturated heterocycles. The van der Waals surface area contributed by atoms with Crippen molar-refractivity contribution in [2.45, 2.75) is 27.4 Å². The number of rotatable bonds is 8. The normalized spacial score (nSPS) is 10.6. The lowest BCUT2D eigenvalue weighted by Crippen LogP contribution is -2.10. The van der Waals surface area contributed by atoms with Gasteiger partial charge in [-0.3, -0.25) is 0 Å². The molecular weight excluding hydrogens is 298 g/mol. The number of benzene rings is 1. The summed E-state index contributed by atoms with van der Waals surface area (Å²) in [6, 6.07) is 6.81. The van der Waals surface area contributed by atoms with Crippen molar-refractivity contribution in [3.05, 3.63) is 46.8 Å². The molecule has 0 bridgehead atoms. The third-order valence-corrected chi connectivity index (χ3v) is 3.32. The molecular formula is C17H21NO5. The topological polar surface area (TPSA) is 70.8 Å². The van der Waals surface area contributed by atoms with Crippen LogP contribution in [0.5, 0.6) is 5.75 Å². The number of hydrogen-bond donors (Lipinski definition) is 0. The van der Waals surface area contributed by atoms with Crippen LogP contribution in [0.4, 0.5) is 0 Å². The van der Waals surface area contributed by atoms with Gasteiger partial charge in [-0.05, 0) is 45.0 Å². The van der Waals surface area contributed by atoms with Crippen molar-refractivity contribution in [1.29, 1.82) is 0 Å². The lowest BCUT2D eigenvalue weighted by atomic mass is 10.2. The van der Waals surface area contributed by atoms with Crippen molar-refractivity contribution in [3.8, 4) is 5.75 Å². The van der Waals surface area contributed by atoms with E-state index in [1.165, 1.54) is 0 Å². The Labute approximate surface area is 135 Å². The first kappa shape index (κ1) is 17.0. The van der Waals surface area contributed by atoms with E-state index in [9.17, 15) is 4.79 Å². The van der Waals surface area contributed by atoms with E-state index in [1.54, 1.807) is 24.3 Å². The van der Waals surface area contributed by atoms with Crippen LogP contribution in [-0.4, -0.2) is 30.9 Å². The SMILES string of the molecule is CCOCCOC(=O)c1ccc(OCc2c(C)noc2C)cc1. The van der Waals surface area contributed by atoms with Crippen LogP contribution in [0, 0.1) is 13.8 Å². The monoisotopic (exact) mass is 319 g/mol. The van der Waals surface area contributed by atoms with Crippen molar-refractivity contribution in [2.75, 3.05) is 19.8 Å². The molecule has 0 atom stereocenters. The summed E-state index contributed by atoms with van der Waals surface area (Å²) < 4.78 is 21.0. The van der Waals surface area contributed by atoms with Crippen LogP contribution < -0.4 is 4.74 Å². The van der Waals surface area contributed by atoms with E-state index >= 15 is 0 Å². The standard InChI is InChI=1S/C17H21NO5/c1-4-20-9-10-21-17(19)14-5-7-15(8-6-14)22-11-16-12(2)18-23-13(16)3/h5-8H,4,9-11H2,1-3H3. The summed E-state index contributed by atoms with van der Waals surface area (Å²) in [6.45, 7) is 7.24. The Balaban J connectivity index is 1.85. The van der Waals surface area contributed by atoms with Gasteiger partial charge in [-0.25, -0.2) is 4.79 Å². The zero-order chi connectivity index (χ0) is 16.7. The summed E-state index contributed by atoms with van der Waals surface area (Å²) in [5, 5.41) is 3.88. The summed E-state index contributed by atoms with van der Waals surface area (Å²) in [5.74, 6) is 1.04. The molecule has 124 valence electrons. The van der Waals surface area contributed by atoms with Crippen molar-refractivity contribution >= 4 is 5.97 Å². The molecule has 0 radical (unpaired) electrons. The second-order valence-electron chi connectivity index (χ2n) is 4.95. The first-order valence-corrected chi connectivity index (χ1v) is 7.51. The highest BCUT2D eigenvalue weighted by Gasteiger charge is 2.10. The summed E-state index contributed by atoms with van der Waals surface area (Å²) in [6.07, 6.45) is 0. The molecule has 23 heavy (non-hydrogen) atoms. The largest absolute Gasteiger partial charge is 0.489 e. The van der Waals surface area contributed by atoms with Gasteiger partial charge >= 0.3 is 5.97 Å². The highest BCUT2D eigenvalue weighted by atomic mass is 16.6. The van der Waals surface area contributed by atoms with Gasteiger partial charge in [0.25, 0.3) is 0 Å². The molecule has 2 rings (SSSR count). The molecule has 1 aromatic carbocycles. The first-order valence-electron chi connectivity index (χ1n) is 7.51. The molecule has 0 fully saturated rings. The molecule has 0 aliphatic carbocycles. The molecule has 1 aromatic heterocycles. The minimum absolute atomic E-state index is 0.247. The van der Waals surface area contributed by atoms with Crippen LogP contribution >= 0.6 is 0 Å². The minimum atomic E-state index is -0.373. The average Bonchev–Trinajstić information content (AvgIpc) is 2.88. The maximum Gasteiger partial charge on any atom is 0.338 e. The van der Waals surface area contributed by atoms with Gasteiger partial charge in [-0.2, -0.15) is 0 Å². The molecule has 6 heteroatoms. The Bertz CT molecular complexity index is 613. The second kappa shape index (κ2) is 8.33. The third kappa shape index (κ3) is 4.82. The van der Waals surface area contributed by atoms with E-state index in [1.807, 2.05) is 20.8 Å². The Morgan fingerprint density at radius 1 is 1.17 bits per heavy atom. The number of aryl methyl sites for hydroxylation is 2. The smallest absolute Gasteiger partial charge is 0.338 e. The van der Waals surface area contributed by atoms with Crippen LogP contribution in [0.3, 0.4) is 0 Å². The number of nitrogens with zero attached hydrogens (tertiary/aromatic N) is 1. The lowest BCUT2D eigenvalue weighted by molar-refractivity contribution is 0.0335. The predicted molar refractivity (Wildman–Crippen MR) is 83.5 cm³/mol. The minimum Gasteiger partial charge on any atom is -0.489 e. The number of hydrogen-bond acceptors (Lipinski definition) is 6. The van der Waals surface area contributed by atoms with Crippen LogP contribution in [0.15, 0.2) is 28.8 Å². The quantitative estimate of drug-likeness (QED) is 0.550. The molecule has 0 saturated carbocycles. The lowest BCUT2D eigenvalue weighted by Gasteiger charge is -2.07. The number of esters is 1. The molecule has 0 amide bonds. The van der Waals surface area contributed by atoms with Gasteiger partial charge in [0.2, 0.25) is 0 Å². The second-order valence-corrected chi connectivity index (χ2v) is 4.95. The summed E-state index contributed by atoms with van der Waals surface area (Å²) in [7, 11) is 0. The number of aromatic nitrogens is 1. The predicted octanol–water partition coefficient (Wildman–Crippen LogP) is 3.06. The summed E-state index contributed by atoms with van der Waals surface area (Å²) in [5.41, 5.74) is 2.23. The fourth-order valence-electron chi connectivity index (χ4n) is 1.97. The van der Waals surface area contributed by atoms with Crippen LogP contribution in [0.2, 0.25) is 0 Å². The van der Waals surface area contributed by atoms with Crippen LogP contribution in [-0.2, 0) is 16.1 Å². The highest BCUT2D eigenvalue weighted by Crippen LogP contribution is 2.18. The molecule has 0 aliphatic heterocycles. The Morgan fingerprint density at radius 3 is 2.52 bits per heavy atom. The van der Waals surface area contributed by atoms with E-state index in [4.69, 9.17) is 18.7 Å². The fraction of sp³-hybridized carbons (Fsp3) is 0.412. The van der Waals surface area contributed by atoms with Crippen molar-refractivity contribution < 1.29 is 23.5 Å². The van der Waals surface area contributed by atoms with Gasteiger partial charge in [-0.15, -0.1) is 0 Å². The Kier molecular flexibility index (Phi) is 6.17. The van der Waals surface area contributed by atoms with Crippen molar-refractivity contribution in [3.63, 3.8) is 0 Å². The van der Waals surface area contributed by atoms with Crippen molar-refractivity contribution in [1.82, 2.24) is 5.16 Å². The maximum absolute atomic E-state index is 11.8. The molecule has 0 N–H and O–H groups in total. The van der Waals surface area contributed by atoms with Gasteiger partial charge in [0, 0.05) is 6.61 Å². The number of ether oxygens (including phenoxy) is 3. The Hall–Kier alpha value is -2.34. The van der Waals surface area contributed by atoms with E-state index in [2.05, 4.69) is 5.16 Å². The third-order valence-electron chi connectivity index (χ3n) is 3.32. The first-order chi connectivity index (χ1) is 11.1. The summed E-state index contributed by atoms with van der Waals surface area (Å²) in [4.78, 5) is 11.8. The van der Waals surface area contributed by atoms with Gasteiger partial charge in [-0.1, -0.05) is 5.16 Å². The van der Waals surface area contributed by atoms with E-state index in [-0.39, 0.29) is 12.6 Å². The van der Waals surface area contributed by atoms with Gasteiger partial charge in [0.05, 0.1) is 23.4 Å². The maximum atomic E-state index is 11.8. The molecule has 0 unspecified atom stereocenters. The molecule has 0 spiro atoms. The summed E-state index contributed by atoms with van der Waals surface area (Å²) >= 11 is 0. The fourth-order valence-corrected chi connectivity index (χ4v) is 1.97. The molecule has 0 aliphatic rings. The molecule has 1 heterocycles. The zero-order valence-corrected chi connectivity index (χ0v) is 13.6. The van der Waals surface area contributed by atoms with Gasteiger partial charge < -0.3 is 18.7 Å². The van der Waals surface area contributed by atoms with E-state index in [0.717, 1.165) is 17.0 Å². The van der Waals surface area contributed by atoms with Gasteiger partial charge in [0.15, 0.2) is 0 Å². The average molecular weight is 319 g/mol. The molecule has 2 aromatic rings. The van der Waals surface area contributed by atoms with Crippen molar-refractivity contribution in [2.24, 2.45) is 0 Å². The van der Waals surface area contributed by atoms with E-state index in [0.29, 0.717) is 31.1 Å². The number of carbonyl (C=O) groups excluding carboxylic acids is 1. The van der Waals surface area contributed by atoms with Crippen LogP contribution in [0.1, 0.15) is 34.3 Å². The van der Waals surface area contributed by atoms with Crippen LogP contribution in [0.25, 0.3) is 0 Å². The zero-order valence-electron chi connectivity index (χ0n) is 13.6. The van der Waals surface area contributed by atoms with E-state index < -0.39 is 0 Å². The molecule has 6 nitrogen and oxygen atoms in total. The Morgan fingerprint density at radius 2 is 1.91 bits per heavy atom. The highest BCUT2D eigenvalue weighted by molar-refractivity contribution is 5.89. The van der Waals surface area contributed by atoms with Gasteiger partial charge in [0.1, 0.15) is 24.7 Å².